The minimum absolute atomic E-state index is 0.309. The fourth-order valence-electron chi connectivity index (χ4n) is 0.856. The van der Waals surface area contributed by atoms with E-state index in [1.165, 1.54) is 26.8 Å². The summed E-state index contributed by atoms with van der Waals surface area (Å²) in [4.78, 5) is 18.7. The Morgan fingerprint density at radius 2 is 2.31 bits per heavy atom. The highest BCUT2D eigenvalue weighted by atomic mass is 16.5. The molecular formula is C8H10N2O3. The molecule has 5 nitrogen and oxygen atoms in total. The maximum absolute atomic E-state index is 11.1. The maximum atomic E-state index is 11.1. The molecule has 0 saturated carbocycles. The van der Waals surface area contributed by atoms with Gasteiger partial charge in [0.25, 0.3) is 0 Å². The van der Waals surface area contributed by atoms with Crippen LogP contribution in [0.5, 0.6) is 0 Å². The van der Waals surface area contributed by atoms with E-state index in [0.717, 1.165) is 0 Å². The van der Waals surface area contributed by atoms with E-state index in [1.807, 2.05) is 0 Å². The second-order valence-corrected chi connectivity index (χ2v) is 2.31. The summed E-state index contributed by atoms with van der Waals surface area (Å²) >= 11 is 0. The van der Waals surface area contributed by atoms with Gasteiger partial charge in [-0.3, -0.25) is 0 Å². The van der Waals surface area contributed by atoms with Crippen molar-refractivity contribution in [3.05, 3.63) is 11.8 Å². The molecule has 0 unspecified atom stereocenters. The Bertz CT molecular complexity index is 292. The predicted octanol–water partition coefficient (Wildman–Crippen LogP) is 0.520. The normalized spacial score (nSPS) is 15.5. The maximum Gasteiger partial charge on any atom is 0.335 e. The molecule has 0 radical (unpaired) electrons. The van der Waals surface area contributed by atoms with Gasteiger partial charge < -0.3 is 9.47 Å². The van der Waals surface area contributed by atoms with Gasteiger partial charge in [-0.2, -0.15) is 0 Å². The van der Waals surface area contributed by atoms with Gasteiger partial charge >= 0.3 is 5.97 Å². The Labute approximate surface area is 75.8 Å². The molecule has 0 atom stereocenters. The lowest BCUT2D eigenvalue weighted by Crippen LogP contribution is -2.10. The largest absolute Gasteiger partial charge is 0.484 e. The zero-order chi connectivity index (χ0) is 9.68. The zero-order valence-corrected chi connectivity index (χ0v) is 7.48. The standard InChI is InChI=1S/C8H10N2O3/c1-12-7-3-6(8(11)13-2)4-9-5-10-7/h4-5H,3H2,1-2H3. The van der Waals surface area contributed by atoms with Crippen LogP contribution >= 0.6 is 0 Å². The lowest BCUT2D eigenvalue weighted by Gasteiger charge is -2.03. The van der Waals surface area contributed by atoms with Crippen molar-refractivity contribution in [3.63, 3.8) is 0 Å². The summed E-state index contributed by atoms with van der Waals surface area (Å²) in [7, 11) is 2.81. The number of hydrogen-bond donors (Lipinski definition) is 0. The Kier molecular flexibility index (Phi) is 3.19. The molecule has 5 heteroatoms. The molecule has 1 aliphatic heterocycles. The summed E-state index contributed by atoms with van der Waals surface area (Å²) in [6, 6.07) is 0. The van der Waals surface area contributed by atoms with Crippen LogP contribution in [0.15, 0.2) is 21.8 Å². The third kappa shape index (κ3) is 2.40. The van der Waals surface area contributed by atoms with Crippen LogP contribution in [0, 0.1) is 0 Å². The number of rotatable bonds is 1. The molecule has 0 saturated heterocycles. The minimum atomic E-state index is -0.413. The molecule has 0 aromatic carbocycles. The quantitative estimate of drug-likeness (QED) is 0.555. The van der Waals surface area contributed by atoms with Crippen LogP contribution in [0.4, 0.5) is 0 Å². The van der Waals surface area contributed by atoms with E-state index in [4.69, 9.17) is 4.74 Å². The fraction of sp³-hybridized carbons (Fsp3) is 0.375. The molecule has 0 amide bonds. The van der Waals surface area contributed by atoms with Crippen molar-refractivity contribution in [2.24, 2.45) is 9.98 Å². The summed E-state index contributed by atoms with van der Waals surface area (Å²) in [6.07, 6.45) is 3.05. The Hall–Kier alpha value is -1.65. The van der Waals surface area contributed by atoms with Crippen molar-refractivity contribution in [2.75, 3.05) is 14.2 Å². The van der Waals surface area contributed by atoms with Crippen LogP contribution in [0.25, 0.3) is 0 Å². The molecule has 0 spiro atoms. The number of nitrogens with zero attached hydrogens (tertiary/aromatic N) is 2. The predicted molar refractivity (Wildman–Crippen MR) is 47.7 cm³/mol. The third-order valence-corrected chi connectivity index (χ3v) is 1.52. The highest BCUT2D eigenvalue weighted by molar-refractivity contribution is 5.97. The van der Waals surface area contributed by atoms with E-state index in [1.54, 1.807) is 0 Å². The highest BCUT2D eigenvalue weighted by Gasteiger charge is 2.14. The summed E-state index contributed by atoms with van der Waals surface area (Å²) in [5.41, 5.74) is 0.428. The second-order valence-electron chi connectivity index (χ2n) is 2.31. The lowest BCUT2D eigenvalue weighted by molar-refractivity contribution is -0.136. The molecule has 0 fully saturated rings. The van der Waals surface area contributed by atoms with Crippen molar-refractivity contribution in [3.8, 4) is 0 Å². The van der Waals surface area contributed by atoms with Gasteiger partial charge in [0.1, 0.15) is 6.34 Å². The third-order valence-electron chi connectivity index (χ3n) is 1.52. The molecule has 13 heavy (non-hydrogen) atoms. The fourth-order valence-corrected chi connectivity index (χ4v) is 0.856. The van der Waals surface area contributed by atoms with Gasteiger partial charge in [-0.25, -0.2) is 14.8 Å². The van der Waals surface area contributed by atoms with Crippen molar-refractivity contribution in [2.45, 2.75) is 6.42 Å². The Balaban J connectivity index is 2.79. The van der Waals surface area contributed by atoms with Gasteiger partial charge in [-0.1, -0.05) is 0 Å². The van der Waals surface area contributed by atoms with Gasteiger partial charge in [0.05, 0.1) is 26.2 Å². The minimum Gasteiger partial charge on any atom is -0.484 e. The molecule has 0 aromatic rings. The average molecular weight is 182 g/mol. The number of methoxy groups -OCH3 is 2. The van der Waals surface area contributed by atoms with Gasteiger partial charge in [-0.15, -0.1) is 0 Å². The highest BCUT2D eigenvalue weighted by Crippen LogP contribution is 2.08. The Morgan fingerprint density at radius 1 is 1.54 bits per heavy atom. The van der Waals surface area contributed by atoms with Crippen LogP contribution in [-0.4, -0.2) is 32.4 Å². The van der Waals surface area contributed by atoms with Crippen molar-refractivity contribution in [1.82, 2.24) is 0 Å². The van der Waals surface area contributed by atoms with E-state index in [2.05, 4.69) is 14.7 Å². The number of esters is 1. The van der Waals surface area contributed by atoms with Crippen LogP contribution in [-0.2, 0) is 14.3 Å². The number of hydrogen-bond acceptors (Lipinski definition) is 5. The molecule has 1 rings (SSSR count). The van der Waals surface area contributed by atoms with E-state index >= 15 is 0 Å². The average Bonchev–Trinajstić information content (AvgIpc) is 2.41. The first-order chi connectivity index (χ1) is 6.27. The summed E-state index contributed by atoms with van der Waals surface area (Å²) < 4.78 is 9.45. The molecule has 0 N–H and O–H groups in total. The van der Waals surface area contributed by atoms with Crippen LogP contribution in [0.2, 0.25) is 0 Å². The number of carbonyl (C=O) groups is 1. The molecule has 0 aromatic heterocycles. The first-order valence-corrected chi connectivity index (χ1v) is 3.67. The van der Waals surface area contributed by atoms with Crippen molar-refractivity contribution < 1.29 is 14.3 Å². The molecule has 1 aliphatic rings. The van der Waals surface area contributed by atoms with Gasteiger partial charge in [0.15, 0.2) is 5.90 Å². The van der Waals surface area contributed by atoms with Crippen LogP contribution in [0.1, 0.15) is 6.42 Å². The van der Waals surface area contributed by atoms with Gasteiger partial charge in [0, 0.05) is 6.20 Å². The molecule has 0 bridgehead atoms. The number of ether oxygens (including phenoxy) is 2. The zero-order valence-electron chi connectivity index (χ0n) is 7.48. The lowest BCUT2D eigenvalue weighted by atomic mass is 10.2. The smallest absolute Gasteiger partial charge is 0.335 e. The van der Waals surface area contributed by atoms with Gasteiger partial charge in [-0.05, 0) is 0 Å². The van der Waals surface area contributed by atoms with Crippen molar-refractivity contribution in [1.29, 1.82) is 0 Å². The summed E-state index contributed by atoms with van der Waals surface area (Å²) in [5, 5.41) is 0. The van der Waals surface area contributed by atoms with Crippen LogP contribution in [0.3, 0.4) is 0 Å². The molecular weight excluding hydrogens is 172 g/mol. The molecule has 1 heterocycles. The molecule has 70 valence electrons. The van der Waals surface area contributed by atoms with Gasteiger partial charge in [0.2, 0.25) is 0 Å². The van der Waals surface area contributed by atoms with Crippen molar-refractivity contribution >= 4 is 18.2 Å². The number of aliphatic imine (C=N–C) groups is 2. The SMILES string of the molecule is COC(=O)C1=CN=CN=C(OC)C1. The first kappa shape index (κ1) is 9.44. The second kappa shape index (κ2) is 4.39. The summed E-state index contributed by atoms with van der Waals surface area (Å²) in [5.74, 6) is 0.0294. The van der Waals surface area contributed by atoms with E-state index < -0.39 is 5.97 Å². The topological polar surface area (TPSA) is 60.2 Å². The number of carbonyl (C=O) groups excluding carboxylic acids is 1. The first-order valence-electron chi connectivity index (χ1n) is 3.67. The Morgan fingerprint density at radius 3 is 2.92 bits per heavy atom. The monoisotopic (exact) mass is 182 g/mol. The van der Waals surface area contributed by atoms with E-state index in [-0.39, 0.29) is 0 Å². The molecule has 0 aliphatic carbocycles. The van der Waals surface area contributed by atoms with E-state index in [9.17, 15) is 4.79 Å². The van der Waals surface area contributed by atoms with E-state index in [0.29, 0.717) is 17.9 Å². The van der Waals surface area contributed by atoms with Crippen LogP contribution < -0.4 is 0 Å². The summed E-state index contributed by atoms with van der Waals surface area (Å²) in [6.45, 7) is 0.